The Morgan fingerprint density at radius 1 is 1.27 bits per heavy atom. The Morgan fingerprint density at radius 2 is 1.96 bits per heavy atom. The number of hydrogen-bond acceptors (Lipinski definition) is 4. The van der Waals surface area contributed by atoms with E-state index in [1.54, 1.807) is 4.90 Å². The number of rotatable bonds is 3. The van der Waals surface area contributed by atoms with Crippen LogP contribution in [0, 0.1) is 0 Å². The summed E-state index contributed by atoms with van der Waals surface area (Å²) in [4.78, 5) is 22.3. The molecule has 138 valence electrons. The van der Waals surface area contributed by atoms with Crippen molar-refractivity contribution in [2.75, 3.05) is 11.4 Å². The molecule has 1 aliphatic heterocycles. The molecule has 2 aromatic rings. The summed E-state index contributed by atoms with van der Waals surface area (Å²) in [5, 5.41) is 0.670. The fourth-order valence-corrected chi connectivity index (χ4v) is 3.40. The van der Waals surface area contributed by atoms with Crippen molar-refractivity contribution in [1.82, 2.24) is 9.97 Å². The molecule has 0 fully saturated rings. The van der Waals surface area contributed by atoms with Crippen molar-refractivity contribution in [3.63, 3.8) is 0 Å². The first-order valence-electron chi connectivity index (χ1n) is 8.81. The number of anilines is 1. The lowest BCUT2D eigenvalue weighted by Crippen LogP contribution is -2.36. The van der Waals surface area contributed by atoms with Gasteiger partial charge in [0.1, 0.15) is 11.9 Å². The molecule has 0 spiro atoms. The first-order chi connectivity index (χ1) is 12.2. The highest BCUT2D eigenvalue weighted by Crippen LogP contribution is 2.40. The van der Waals surface area contributed by atoms with Gasteiger partial charge in [0.05, 0.1) is 5.69 Å². The molecule has 0 saturated carbocycles. The maximum Gasteiger partial charge on any atom is 0.414 e. The van der Waals surface area contributed by atoms with Crippen LogP contribution in [0.15, 0.2) is 30.9 Å². The molecule has 0 bridgehead atoms. The van der Waals surface area contributed by atoms with E-state index in [4.69, 9.17) is 16.3 Å². The monoisotopic (exact) mass is 373 g/mol. The van der Waals surface area contributed by atoms with Crippen molar-refractivity contribution in [3.8, 4) is 0 Å². The number of carbonyl (C=O) groups excluding carboxylic acids is 1. The van der Waals surface area contributed by atoms with Gasteiger partial charge in [0.25, 0.3) is 0 Å². The minimum Gasteiger partial charge on any atom is -0.443 e. The van der Waals surface area contributed by atoms with Crippen molar-refractivity contribution < 1.29 is 9.53 Å². The van der Waals surface area contributed by atoms with Gasteiger partial charge in [-0.15, -0.1) is 0 Å². The highest BCUT2D eigenvalue weighted by molar-refractivity contribution is 6.31. The Kier molecular flexibility index (Phi) is 5.19. The van der Waals surface area contributed by atoms with Crippen molar-refractivity contribution in [3.05, 3.63) is 52.6 Å². The van der Waals surface area contributed by atoms with Crippen molar-refractivity contribution in [1.29, 1.82) is 0 Å². The van der Waals surface area contributed by atoms with E-state index in [9.17, 15) is 4.79 Å². The third-order valence-electron chi connectivity index (χ3n) is 4.38. The van der Waals surface area contributed by atoms with Crippen LogP contribution in [0.25, 0.3) is 0 Å². The van der Waals surface area contributed by atoms with Crippen LogP contribution < -0.4 is 4.90 Å². The summed E-state index contributed by atoms with van der Waals surface area (Å²) in [7, 11) is 0. The van der Waals surface area contributed by atoms with Crippen LogP contribution in [0.3, 0.4) is 0 Å². The molecule has 0 aliphatic carbocycles. The maximum absolute atomic E-state index is 12.5. The molecule has 1 aromatic carbocycles. The van der Waals surface area contributed by atoms with Gasteiger partial charge in [0.15, 0.2) is 0 Å². The van der Waals surface area contributed by atoms with Crippen LogP contribution in [-0.4, -0.2) is 28.2 Å². The first-order valence-corrected chi connectivity index (χ1v) is 9.19. The molecule has 26 heavy (non-hydrogen) atoms. The van der Waals surface area contributed by atoms with E-state index >= 15 is 0 Å². The van der Waals surface area contributed by atoms with Gasteiger partial charge < -0.3 is 4.74 Å². The van der Waals surface area contributed by atoms with Gasteiger partial charge in [-0.25, -0.2) is 14.8 Å². The fourth-order valence-electron chi connectivity index (χ4n) is 3.15. The second-order valence-electron chi connectivity index (χ2n) is 7.74. The van der Waals surface area contributed by atoms with Crippen LogP contribution in [0.2, 0.25) is 5.02 Å². The molecule has 0 radical (unpaired) electrons. The van der Waals surface area contributed by atoms with E-state index in [1.807, 2.05) is 39.2 Å². The van der Waals surface area contributed by atoms with E-state index in [0.29, 0.717) is 11.6 Å². The first kappa shape index (κ1) is 18.6. The average molecular weight is 374 g/mol. The Bertz CT molecular complexity index is 803. The zero-order chi connectivity index (χ0) is 18.9. The average Bonchev–Trinajstić information content (AvgIpc) is 2.88. The number of amides is 1. The number of nitrogens with zero attached hydrogens (tertiary/aromatic N) is 3. The maximum atomic E-state index is 12.5. The van der Waals surface area contributed by atoms with Crippen LogP contribution in [0.5, 0.6) is 0 Å². The van der Waals surface area contributed by atoms with Crippen LogP contribution in [-0.2, 0) is 17.6 Å². The minimum atomic E-state index is -0.523. The topological polar surface area (TPSA) is 55.3 Å². The van der Waals surface area contributed by atoms with Crippen LogP contribution >= 0.6 is 11.6 Å². The molecular formula is C20H24ClN3O2. The predicted molar refractivity (Wildman–Crippen MR) is 103 cm³/mol. The van der Waals surface area contributed by atoms with Crippen LogP contribution in [0.4, 0.5) is 10.5 Å². The largest absolute Gasteiger partial charge is 0.443 e. The highest BCUT2D eigenvalue weighted by Gasteiger charge is 2.33. The summed E-state index contributed by atoms with van der Waals surface area (Å²) in [6.45, 7) is 8.33. The Hall–Kier alpha value is -2.14. The molecule has 1 amide bonds. The number of fused-ring (bicyclic) bond motifs is 1. The zero-order valence-electron chi connectivity index (χ0n) is 15.6. The third kappa shape index (κ3) is 4.15. The molecule has 0 N–H and O–H groups in total. The molecule has 6 heteroatoms. The number of aryl methyl sites for hydroxylation is 2. The molecular weight excluding hydrogens is 350 g/mol. The number of ether oxygens (including phenoxy) is 1. The second-order valence-corrected chi connectivity index (χ2v) is 8.15. The van der Waals surface area contributed by atoms with Gasteiger partial charge in [-0.2, -0.15) is 0 Å². The van der Waals surface area contributed by atoms with Gasteiger partial charge in [-0.05, 0) is 56.4 Å². The minimum absolute atomic E-state index is 0.244. The van der Waals surface area contributed by atoms with E-state index in [2.05, 4.69) is 23.0 Å². The van der Waals surface area contributed by atoms with E-state index in [0.717, 1.165) is 35.2 Å². The normalized spacial score (nSPS) is 16.5. The predicted octanol–water partition coefficient (Wildman–Crippen LogP) is 4.77. The lowest BCUT2D eigenvalue weighted by molar-refractivity contribution is 0.0582. The molecule has 2 heterocycles. The lowest BCUT2D eigenvalue weighted by atomic mass is 9.98. The van der Waals surface area contributed by atoms with E-state index in [1.165, 1.54) is 6.33 Å². The quantitative estimate of drug-likeness (QED) is 0.777. The summed E-state index contributed by atoms with van der Waals surface area (Å²) in [6, 6.07) is 4.01. The van der Waals surface area contributed by atoms with Crippen molar-refractivity contribution in [2.24, 2.45) is 0 Å². The molecule has 1 aromatic heterocycles. The number of hydrogen-bond donors (Lipinski definition) is 0. The number of carbonyl (C=O) groups is 1. The summed E-state index contributed by atoms with van der Waals surface area (Å²) >= 11 is 6.51. The molecule has 5 nitrogen and oxygen atoms in total. The fraction of sp³-hybridized carbons (Fsp3) is 0.450. The van der Waals surface area contributed by atoms with Gasteiger partial charge in [-0.1, -0.05) is 24.6 Å². The Labute approximate surface area is 159 Å². The molecule has 1 unspecified atom stereocenters. The molecule has 1 atom stereocenters. The SMILES string of the molecule is CC1CN(C(=O)OC(C)(C)C)c2cc(Cl)c(CCc3cncnc3)cc21. The number of halogens is 1. The summed E-state index contributed by atoms with van der Waals surface area (Å²) in [5.74, 6) is 0.244. The van der Waals surface area contributed by atoms with Gasteiger partial charge in [0.2, 0.25) is 0 Å². The smallest absolute Gasteiger partial charge is 0.414 e. The lowest BCUT2D eigenvalue weighted by Gasteiger charge is -2.25. The highest BCUT2D eigenvalue weighted by atomic mass is 35.5. The third-order valence-corrected chi connectivity index (χ3v) is 4.74. The van der Waals surface area contributed by atoms with Gasteiger partial charge in [-0.3, -0.25) is 4.90 Å². The number of benzene rings is 1. The summed E-state index contributed by atoms with van der Waals surface area (Å²) < 4.78 is 5.53. The number of aromatic nitrogens is 2. The van der Waals surface area contributed by atoms with Crippen LogP contribution in [0.1, 0.15) is 50.3 Å². The van der Waals surface area contributed by atoms with E-state index in [-0.39, 0.29) is 12.0 Å². The standard InChI is InChI=1S/C20H24ClN3O2/c1-13-11-24(19(25)26-20(2,3)4)18-8-17(21)15(7-16(13)18)6-5-14-9-22-12-23-10-14/h7-10,12-13H,5-6,11H2,1-4H3. The molecule has 0 saturated heterocycles. The Morgan fingerprint density at radius 3 is 2.62 bits per heavy atom. The molecule has 3 rings (SSSR count). The Balaban J connectivity index is 1.81. The van der Waals surface area contributed by atoms with E-state index < -0.39 is 5.60 Å². The van der Waals surface area contributed by atoms with Gasteiger partial charge >= 0.3 is 6.09 Å². The van der Waals surface area contributed by atoms with Gasteiger partial charge in [0, 0.05) is 29.9 Å². The second kappa shape index (κ2) is 7.23. The zero-order valence-corrected chi connectivity index (χ0v) is 16.4. The van der Waals surface area contributed by atoms with Crippen molar-refractivity contribution >= 4 is 23.4 Å². The summed E-state index contributed by atoms with van der Waals surface area (Å²) in [5.41, 5.74) is 3.62. The van der Waals surface area contributed by atoms with Crippen molar-refractivity contribution in [2.45, 2.75) is 52.1 Å². The molecule has 1 aliphatic rings. The summed E-state index contributed by atoms with van der Waals surface area (Å²) in [6.07, 6.45) is 6.47.